The zero-order valence-electron chi connectivity index (χ0n) is 12.6. The topological polar surface area (TPSA) is 60.4 Å². The van der Waals surface area contributed by atoms with Gasteiger partial charge in [-0.1, -0.05) is 23.9 Å². The molecule has 3 aromatic rings. The minimum Gasteiger partial charge on any atom is -0.459 e. The third-order valence-corrected chi connectivity index (χ3v) is 3.95. The summed E-state index contributed by atoms with van der Waals surface area (Å²) in [5.74, 6) is -1.14. The Kier molecular flexibility index (Phi) is 4.75. The Morgan fingerprint density at radius 1 is 1.33 bits per heavy atom. The summed E-state index contributed by atoms with van der Waals surface area (Å²) in [6.45, 7) is 1.68. The van der Waals surface area contributed by atoms with Crippen LogP contribution in [0.5, 0.6) is 0 Å². The van der Waals surface area contributed by atoms with Crippen molar-refractivity contribution in [1.82, 2.24) is 9.66 Å². The van der Waals surface area contributed by atoms with Crippen LogP contribution in [-0.2, 0) is 5.75 Å². The number of furan rings is 1. The number of aromatic nitrogens is 2. The van der Waals surface area contributed by atoms with Crippen LogP contribution in [0.4, 0.5) is 8.78 Å². The third kappa shape index (κ3) is 3.53. The van der Waals surface area contributed by atoms with E-state index in [1.165, 1.54) is 10.9 Å². The Hall–Kier alpha value is -2.48. The van der Waals surface area contributed by atoms with E-state index in [0.29, 0.717) is 40.0 Å². The first-order valence-electron chi connectivity index (χ1n) is 7.06. The lowest BCUT2D eigenvalue weighted by Crippen LogP contribution is -2.20. The van der Waals surface area contributed by atoms with E-state index >= 15 is 0 Å². The highest BCUT2D eigenvalue weighted by atomic mass is 32.2. The SMILES string of the molecule is Cc1nc2ccccc2c(=O)n1/N=C\c1ccc(CSC(F)F)o1. The van der Waals surface area contributed by atoms with Crippen molar-refractivity contribution in [1.29, 1.82) is 0 Å². The highest BCUT2D eigenvalue weighted by molar-refractivity contribution is 7.98. The second kappa shape index (κ2) is 6.96. The molecule has 0 aliphatic rings. The molecule has 0 unspecified atom stereocenters. The maximum absolute atomic E-state index is 12.4. The van der Waals surface area contributed by atoms with Crippen LogP contribution in [0.2, 0.25) is 0 Å². The third-order valence-electron chi connectivity index (χ3n) is 3.25. The molecule has 3 rings (SSSR count). The van der Waals surface area contributed by atoms with E-state index in [1.54, 1.807) is 37.3 Å². The van der Waals surface area contributed by atoms with Crippen molar-refractivity contribution in [3.63, 3.8) is 0 Å². The van der Waals surface area contributed by atoms with Crippen LogP contribution in [0, 0.1) is 6.92 Å². The van der Waals surface area contributed by atoms with Gasteiger partial charge in [-0.05, 0) is 31.2 Å². The summed E-state index contributed by atoms with van der Waals surface area (Å²) >= 11 is 0.482. The number of rotatable bonds is 5. The molecular formula is C16H13F2N3O2S. The number of alkyl halides is 2. The Balaban J connectivity index is 1.87. The van der Waals surface area contributed by atoms with E-state index in [4.69, 9.17) is 4.42 Å². The van der Waals surface area contributed by atoms with E-state index in [2.05, 4.69) is 10.1 Å². The number of fused-ring (bicyclic) bond motifs is 1. The lowest BCUT2D eigenvalue weighted by atomic mass is 10.2. The molecule has 0 amide bonds. The molecule has 0 aliphatic heterocycles. The van der Waals surface area contributed by atoms with Crippen LogP contribution in [-0.4, -0.2) is 21.6 Å². The predicted octanol–water partition coefficient (Wildman–Crippen LogP) is 3.64. The summed E-state index contributed by atoms with van der Waals surface area (Å²) in [6.07, 6.45) is 1.36. The lowest BCUT2D eigenvalue weighted by Gasteiger charge is -2.04. The molecule has 0 radical (unpaired) electrons. The van der Waals surface area contributed by atoms with Gasteiger partial charge >= 0.3 is 0 Å². The van der Waals surface area contributed by atoms with E-state index in [1.807, 2.05) is 6.07 Å². The van der Waals surface area contributed by atoms with Gasteiger partial charge in [-0.3, -0.25) is 4.79 Å². The summed E-state index contributed by atoms with van der Waals surface area (Å²) in [5.41, 5.74) is 0.324. The Morgan fingerprint density at radius 2 is 2.12 bits per heavy atom. The van der Waals surface area contributed by atoms with Gasteiger partial charge in [0.2, 0.25) is 0 Å². The monoisotopic (exact) mass is 349 g/mol. The molecule has 0 bridgehead atoms. The molecule has 8 heteroatoms. The molecular weight excluding hydrogens is 336 g/mol. The molecule has 5 nitrogen and oxygen atoms in total. The summed E-state index contributed by atoms with van der Waals surface area (Å²) in [4.78, 5) is 16.8. The highest BCUT2D eigenvalue weighted by Crippen LogP contribution is 2.20. The first-order valence-corrected chi connectivity index (χ1v) is 8.10. The maximum Gasteiger partial charge on any atom is 0.284 e. The molecule has 124 valence electrons. The van der Waals surface area contributed by atoms with Gasteiger partial charge < -0.3 is 4.42 Å². The molecule has 1 aromatic carbocycles. The van der Waals surface area contributed by atoms with Crippen molar-refractivity contribution in [2.75, 3.05) is 0 Å². The van der Waals surface area contributed by atoms with Crippen LogP contribution in [0.1, 0.15) is 17.3 Å². The van der Waals surface area contributed by atoms with E-state index in [-0.39, 0.29) is 11.3 Å². The van der Waals surface area contributed by atoms with Crippen molar-refractivity contribution in [2.45, 2.75) is 18.4 Å². The summed E-state index contributed by atoms with van der Waals surface area (Å²) in [5, 5.41) is 4.57. The Morgan fingerprint density at radius 3 is 2.92 bits per heavy atom. The quantitative estimate of drug-likeness (QED) is 0.660. The van der Waals surface area contributed by atoms with Crippen molar-refractivity contribution in [2.24, 2.45) is 5.10 Å². The minimum atomic E-state index is -2.45. The standard InChI is InChI=1S/C16H13F2N3O2S/c1-10-20-14-5-3-2-4-13(14)15(22)21(10)19-8-11-6-7-12(23-11)9-24-16(17)18/h2-8,16H,9H2,1H3/b19-8-. The fourth-order valence-corrected chi connectivity index (χ4v) is 2.62. The van der Waals surface area contributed by atoms with Crippen molar-refractivity contribution in [3.05, 3.63) is 64.1 Å². The number of thioether (sulfide) groups is 1. The number of nitrogens with zero attached hydrogens (tertiary/aromatic N) is 3. The second-order valence-corrected chi connectivity index (χ2v) is 5.89. The van der Waals surface area contributed by atoms with Crippen LogP contribution in [0.3, 0.4) is 0 Å². The number of benzene rings is 1. The van der Waals surface area contributed by atoms with Gasteiger partial charge in [0.1, 0.15) is 17.3 Å². The van der Waals surface area contributed by atoms with E-state index < -0.39 is 5.76 Å². The fraction of sp³-hybridized carbons (Fsp3) is 0.188. The minimum absolute atomic E-state index is 0.0714. The van der Waals surface area contributed by atoms with Gasteiger partial charge in [-0.25, -0.2) is 4.98 Å². The molecule has 0 atom stereocenters. The Bertz CT molecular complexity index is 950. The van der Waals surface area contributed by atoms with Gasteiger partial charge in [0.25, 0.3) is 11.3 Å². The van der Waals surface area contributed by atoms with Gasteiger partial charge in [0, 0.05) is 0 Å². The smallest absolute Gasteiger partial charge is 0.284 e. The number of halogens is 2. The number of hydrogen-bond donors (Lipinski definition) is 0. The van der Waals surface area contributed by atoms with Crippen LogP contribution in [0.25, 0.3) is 10.9 Å². The molecule has 0 fully saturated rings. The lowest BCUT2D eigenvalue weighted by molar-refractivity contribution is 0.251. The number of hydrogen-bond acceptors (Lipinski definition) is 5. The Labute approximate surface area is 140 Å². The van der Waals surface area contributed by atoms with Crippen molar-refractivity contribution in [3.8, 4) is 0 Å². The first kappa shape index (κ1) is 16.4. The number of para-hydroxylation sites is 1. The van der Waals surface area contributed by atoms with Crippen molar-refractivity contribution >= 4 is 28.9 Å². The average Bonchev–Trinajstić information content (AvgIpc) is 3.00. The highest BCUT2D eigenvalue weighted by Gasteiger charge is 2.08. The van der Waals surface area contributed by atoms with Crippen LogP contribution < -0.4 is 5.56 Å². The molecule has 2 aromatic heterocycles. The van der Waals surface area contributed by atoms with Gasteiger partial charge in [0.15, 0.2) is 0 Å². The maximum atomic E-state index is 12.4. The summed E-state index contributed by atoms with van der Waals surface area (Å²) in [7, 11) is 0. The van der Waals surface area contributed by atoms with E-state index in [9.17, 15) is 13.6 Å². The largest absolute Gasteiger partial charge is 0.459 e. The molecule has 0 aliphatic carbocycles. The molecule has 24 heavy (non-hydrogen) atoms. The van der Waals surface area contributed by atoms with E-state index in [0.717, 1.165) is 0 Å². The second-order valence-electron chi connectivity index (χ2n) is 4.91. The van der Waals surface area contributed by atoms with Crippen LogP contribution >= 0.6 is 11.8 Å². The molecule has 0 saturated carbocycles. The fourth-order valence-electron chi connectivity index (χ4n) is 2.17. The molecule has 0 N–H and O–H groups in total. The van der Waals surface area contributed by atoms with Gasteiger partial charge in [-0.2, -0.15) is 18.6 Å². The molecule has 2 heterocycles. The van der Waals surface area contributed by atoms with Crippen LogP contribution in [0.15, 0.2) is 50.7 Å². The first-order chi connectivity index (χ1) is 11.5. The predicted molar refractivity (Wildman–Crippen MR) is 89.7 cm³/mol. The summed E-state index contributed by atoms with van der Waals surface area (Å²) in [6, 6.07) is 10.2. The normalized spacial score (nSPS) is 11.8. The van der Waals surface area contributed by atoms with Gasteiger partial charge in [0.05, 0.1) is 22.9 Å². The average molecular weight is 349 g/mol. The molecule has 0 saturated heterocycles. The zero-order chi connectivity index (χ0) is 17.1. The number of aryl methyl sites for hydroxylation is 1. The van der Waals surface area contributed by atoms with Gasteiger partial charge in [-0.15, -0.1) is 0 Å². The zero-order valence-corrected chi connectivity index (χ0v) is 13.5. The summed E-state index contributed by atoms with van der Waals surface area (Å²) < 4.78 is 30.9. The van der Waals surface area contributed by atoms with Crippen molar-refractivity contribution < 1.29 is 13.2 Å². The molecule has 0 spiro atoms.